The molecule has 0 unspecified atom stereocenters. The lowest BCUT2D eigenvalue weighted by Crippen LogP contribution is -2.27. The van der Waals surface area contributed by atoms with Gasteiger partial charge in [-0.3, -0.25) is 10.1 Å². The molecule has 0 saturated carbocycles. The molecule has 1 rings (SSSR count). The molecule has 5 nitrogen and oxygen atoms in total. The first kappa shape index (κ1) is 14.8. The summed E-state index contributed by atoms with van der Waals surface area (Å²) in [6.07, 6.45) is 1.63. The third-order valence-corrected chi connectivity index (χ3v) is 2.82. The Morgan fingerprint density at radius 2 is 2.00 bits per heavy atom. The summed E-state index contributed by atoms with van der Waals surface area (Å²) in [6, 6.07) is 2.46. The first-order chi connectivity index (χ1) is 8.51. The van der Waals surface area contributed by atoms with Crippen molar-refractivity contribution in [3.63, 3.8) is 0 Å². The van der Waals surface area contributed by atoms with Gasteiger partial charge < -0.3 is 10.0 Å². The van der Waals surface area contributed by atoms with Gasteiger partial charge in [0.25, 0.3) is 5.69 Å². The van der Waals surface area contributed by atoms with E-state index in [9.17, 15) is 10.1 Å². The Bertz CT molecular complexity index is 443. The van der Waals surface area contributed by atoms with Crippen LogP contribution in [0.25, 0.3) is 0 Å². The molecule has 1 N–H and O–H groups in total. The van der Waals surface area contributed by atoms with Crippen molar-refractivity contribution in [1.29, 1.82) is 0 Å². The van der Waals surface area contributed by atoms with E-state index in [1.54, 1.807) is 11.0 Å². The molecule has 0 spiro atoms. The smallest absolute Gasteiger partial charge is 0.272 e. The van der Waals surface area contributed by atoms with E-state index in [1.165, 1.54) is 12.1 Å². The summed E-state index contributed by atoms with van der Waals surface area (Å²) in [5, 5.41) is 20.0. The molecule has 1 aromatic rings. The Hall–Kier alpha value is -1.30. The number of aliphatic hydroxyl groups excluding tert-OH is 1. The molecule has 0 atom stereocenters. The monoisotopic (exact) mass is 290 g/mol. The zero-order chi connectivity index (χ0) is 13.7. The van der Waals surface area contributed by atoms with Crippen LogP contribution in [0.15, 0.2) is 24.8 Å². The van der Waals surface area contributed by atoms with Gasteiger partial charge in [0.2, 0.25) is 0 Å². The molecule has 0 aliphatic carbocycles. The van der Waals surface area contributed by atoms with E-state index in [0.29, 0.717) is 18.8 Å². The van der Waals surface area contributed by atoms with Crippen molar-refractivity contribution in [3.8, 4) is 0 Å². The van der Waals surface area contributed by atoms with Gasteiger partial charge in [0.1, 0.15) is 0 Å². The molecule has 7 heteroatoms. The van der Waals surface area contributed by atoms with Crippen molar-refractivity contribution in [2.75, 3.05) is 24.6 Å². The maximum absolute atomic E-state index is 10.7. The molecule has 0 aliphatic heterocycles. The minimum atomic E-state index is -0.564. The van der Waals surface area contributed by atoms with Gasteiger partial charge in [0.15, 0.2) is 0 Å². The lowest BCUT2D eigenvalue weighted by molar-refractivity contribution is -0.384. The van der Waals surface area contributed by atoms with Crippen LogP contribution in [0.3, 0.4) is 0 Å². The van der Waals surface area contributed by atoms with E-state index < -0.39 is 4.92 Å². The van der Waals surface area contributed by atoms with Crippen LogP contribution >= 0.6 is 23.2 Å². The Balaban J connectivity index is 3.22. The highest BCUT2D eigenvalue weighted by atomic mass is 35.5. The average molecular weight is 291 g/mol. The molecule has 0 bridgehead atoms. The van der Waals surface area contributed by atoms with Crippen LogP contribution in [0.4, 0.5) is 11.4 Å². The van der Waals surface area contributed by atoms with E-state index in [1.807, 2.05) is 0 Å². The fourth-order valence-electron chi connectivity index (χ4n) is 1.53. The van der Waals surface area contributed by atoms with Gasteiger partial charge in [0.05, 0.1) is 27.3 Å². The summed E-state index contributed by atoms with van der Waals surface area (Å²) in [4.78, 5) is 11.8. The second kappa shape index (κ2) is 6.58. The van der Waals surface area contributed by atoms with E-state index >= 15 is 0 Å². The summed E-state index contributed by atoms with van der Waals surface area (Å²) in [7, 11) is 0. The quantitative estimate of drug-likeness (QED) is 0.497. The minimum absolute atomic E-state index is 0.0858. The van der Waals surface area contributed by atoms with Crippen LogP contribution in [0.1, 0.15) is 0 Å². The number of rotatable bonds is 6. The summed E-state index contributed by atoms with van der Waals surface area (Å²) >= 11 is 12.0. The van der Waals surface area contributed by atoms with Crippen molar-refractivity contribution in [2.45, 2.75) is 0 Å². The number of anilines is 1. The van der Waals surface area contributed by atoms with Gasteiger partial charge in [0, 0.05) is 25.2 Å². The molecule has 18 heavy (non-hydrogen) atoms. The second-order valence-corrected chi connectivity index (χ2v) is 4.29. The number of aliphatic hydroxyl groups is 1. The van der Waals surface area contributed by atoms with E-state index in [2.05, 4.69) is 6.58 Å². The fourth-order valence-corrected chi connectivity index (χ4v) is 2.25. The number of hydrogen-bond acceptors (Lipinski definition) is 4. The molecule has 0 aromatic heterocycles. The lowest BCUT2D eigenvalue weighted by atomic mass is 10.2. The molecule has 0 amide bonds. The minimum Gasteiger partial charge on any atom is -0.395 e. The van der Waals surface area contributed by atoms with E-state index in [0.717, 1.165) is 0 Å². The highest BCUT2D eigenvalue weighted by Gasteiger charge is 2.18. The molecule has 0 aliphatic rings. The first-order valence-corrected chi connectivity index (χ1v) is 5.87. The standard InChI is InChI=1S/C11H12Cl2N2O3/c1-2-3-14(4-5-16)11-9(12)6-8(15(17)18)7-10(11)13/h2,6-7,16H,1,3-5H2. The highest BCUT2D eigenvalue weighted by molar-refractivity contribution is 6.39. The van der Waals surface area contributed by atoms with Gasteiger partial charge in [-0.2, -0.15) is 0 Å². The molecule has 0 heterocycles. The van der Waals surface area contributed by atoms with E-state index in [-0.39, 0.29) is 22.3 Å². The van der Waals surface area contributed by atoms with Crippen LogP contribution in [0.2, 0.25) is 10.0 Å². The Morgan fingerprint density at radius 1 is 1.44 bits per heavy atom. The zero-order valence-electron chi connectivity index (χ0n) is 9.47. The van der Waals surface area contributed by atoms with Crippen LogP contribution in [0.5, 0.6) is 0 Å². The molecule has 0 radical (unpaired) electrons. The highest BCUT2D eigenvalue weighted by Crippen LogP contribution is 2.37. The molecule has 0 saturated heterocycles. The summed E-state index contributed by atoms with van der Waals surface area (Å²) in [5.41, 5.74) is 0.286. The number of non-ortho nitro benzene ring substituents is 1. The molecule has 0 fully saturated rings. The number of hydrogen-bond donors (Lipinski definition) is 1. The Labute approximate surface area is 114 Å². The molecular weight excluding hydrogens is 279 g/mol. The first-order valence-electron chi connectivity index (χ1n) is 5.11. The number of nitrogens with zero attached hydrogens (tertiary/aromatic N) is 2. The Morgan fingerprint density at radius 3 is 2.39 bits per heavy atom. The molecular formula is C11H12Cl2N2O3. The van der Waals surface area contributed by atoms with Gasteiger partial charge in [-0.1, -0.05) is 29.3 Å². The van der Waals surface area contributed by atoms with Gasteiger partial charge >= 0.3 is 0 Å². The maximum atomic E-state index is 10.7. The largest absolute Gasteiger partial charge is 0.395 e. The SMILES string of the molecule is C=CCN(CCO)c1c(Cl)cc([N+](=O)[O-])cc1Cl. The summed E-state index contributed by atoms with van der Waals surface area (Å²) < 4.78 is 0. The molecule has 98 valence electrons. The number of halogens is 2. The van der Waals surface area contributed by atoms with Crippen molar-refractivity contribution >= 4 is 34.6 Å². The zero-order valence-corrected chi connectivity index (χ0v) is 11.0. The predicted octanol–water partition coefficient (Wildman–Crippen LogP) is 2.89. The van der Waals surface area contributed by atoms with Crippen molar-refractivity contribution in [3.05, 3.63) is 44.9 Å². The van der Waals surface area contributed by atoms with Gasteiger partial charge in [-0.15, -0.1) is 6.58 Å². The van der Waals surface area contributed by atoms with Gasteiger partial charge in [-0.05, 0) is 0 Å². The third kappa shape index (κ3) is 3.35. The predicted molar refractivity (Wildman–Crippen MR) is 72.6 cm³/mol. The van der Waals surface area contributed by atoms with Crippen molar-refractivity contribution < 1.29 is 10.0 Å². The number of nitro benzene ring substituents is 1. The maximum Gasteiger partial charge on any atom is 0.272 e. The van der Waals surface area contributed by atoms with Crippen LogP contribution in [0, 0.1) is 10.1 Å². The summed E-state index contributed by atoms with van der Waals surface area (Å²) in [6.45, 7) is 4.25. The van der Waals surface area contributed by atoms with Crippen molar-refractivity contribution in [1.82, 2.24) is 0 Å². The van der Waals surface area contributed by atoms with E-state index in [4.69, 9.17) is 28.3 Å². The Kier molecular flexibility index (Phi) is 5.40. The van der Waals surface area contributed by atoms with Crippen molar-refractivity contribution in [2.24, 2.45) is 0 Å². The molecule has 1 aromatic carbocycles. The lowest BCUT2D eigenvalue weighted by Gasteiger charge is -2.24. The average Bonchev–Trinajstić information content (AvgIpc) is 2.28. The number of nitro groups is 1. The number of benzene rings is 1. The topological polar surface area (TPSA) is 66.6 Å². The fraction of sp³-hybridized carbons (Fsp3) is 0.273. The van der Waals surface area contributed by atoms with Crippen LogP contribution < -0.4 is 4.90 Å². The van der Waals surface area contributed by atoms with Crippen LogP contribution in [-0.2, 0) is 0 Å². The summed E-state index contributed by atoms with van der Waals surface area (Å²) in [5.74, 6) is 0. The third-order valence-electron chi connectivity index (χ3n) is 2.25. The van der Waals surface area contributed by atoms with Crippen LogP contribution in [-0.4, -0.2) is 29.7 Å². The second-order valence-electron chi connectivity index (χ2n) is 3.47. The normalized spacial score (nSPS) is 10.2. The van der Waals surface area contributed by atoms with Gasteiger partial charge in [-0.25, -0.2) is 0 Å².